The van der Waals surface area contributed by atoms with Crippen LogP contribution >= 0.6 is 0 Å². The monoisotopic (exact) mass is 303 g/mol. The first-order valence-corrected chi connectivity index (χ1v) is 7.88. The molecule has 2 fully saturated rings. The molecule has 1 aliphatic heterocycles. The standard InChI is InChI=1S/C16H21N3O3/c20-15(18-13-3-1-2-4-13)12-5-6-17-14(11-12)16(21)19-7-9-22-10-8-19/h5-6,11,13H,1-4,7-10H2,(H,18,20). The lowest BCUT2D eigenvalue weighted by Gasteiger charge is -2.26. The van der Waals surface area contributed by atoms with Crippen molar-refractivity contribution in [3.63, 3.8) is 0 Å². The van der Waals surface area contributed by atoms with Gasteiger partial charge < -0.3 is 15.0 Å². The largest absolute Gasteiger partial charge is 0.378 e. The first-order chi connectivity index (χ1) is 10.7. The zero-order valence-electron chi connectivity index (χ0n) is 12.6. The maximum Gasteiger partial charge on any atom is 0.272 e. The summed E-state index contributed by atoms with van der Waals surface area (Å²) < 4.78 is 5.24. The van der Waals surface area contributed by atoms with E-state index in [1.165, 1.54) is 19.0 Å². The number of rotatable bonds is 3. The fourth-order valence-electron chi connectivity index (χ4n) is 2.96. The molecular weight excluding hydrogens is 282 g/mol. The molecule has 1 saturated carbocycles. The second-order valence-corrected chi connectivity index (χ2v) is 5.79. The summed E-state index contributed by atoms with van der Waals surface area (Å²) in [6.45, 7) is 2.24. The van der Waals surface area contributed by atoms with Gasteiger partial charge in [-0.15, -0.1) is 0 Å². The van der Waals surface area contributed by atoms with E-state index in [-0.39, 0.29) is 17.9 Å². The number of nitrogens with one attached hydrogen (secondary N) is 1. The van der Waals surface area contributed by atoms with Gasteiger partial charge in [-0.1, -0.05) is 12.8 Å². The molecule has 0 unspecified atom stereocenters. The van der Waals surface area contributed by atoms with Crippen molar-refractivity contribution >= 4 is 11.8 Å². The molecule has 22 heavy (non-hydrogen) atoms. The molecule has 6 nitrogen and oxygen atoms in total. The molecule has 1 aromatic rings. The molecule has 6 heteroatoms. The summed E-state index contributed by atoms with van der Waals surface area (Å²) in [6.07, 6.45) is 5.94. The minimum absolute atomic E-state index is 0.120. The molecule has 2 amide bonds. The number of morpholine rings is 1. The predicted octanol–water partition coefficient (Wildman–Crippen LogP) is 1.23. The fourth-order valence-corrected chi connectivity index (χ4v) is 2.96. The van der Waals surface area contributed by atoms with Gasteiger partial charge in [0, 0.05) is 30.9 Å². The van der Waals surface area contributed by atoms with Crippen LogP contribution in [-0.4, -0.2) is 54.0 Å². The highest BCUT2D eigenvalue weighted by Crippen LogP contribution is 2.18. The van der Waals surface area contributed by atoms with Crippen LogP contribution in [0.25, 0.3) is 0 Å². The van der Waals surface area contributed by atoms with Gasteiger partial charge in [0.2, 0.25) is 0 Å². The van der Waals surface area contributed by atoms with Crippen molar-refractivity contribution in [3.05, 3.63) is 29.6 Å². The number of hydrogen-bond donors (Lipinski definition) is 1. The minimum Gasteiger partial charge on any atom is -0.378 e. The molecule has 0 aromatic carbocycles. The third-order valence-corrected chi connectivity index (χ3v) is 4.23. The van der Waals surface area contributed by atoms with E-state index in [9.17, 15) is 9.59 Å². The van der Waals surface area contributed by atoms with Crippen LogP contribution in [0.2, 0.25) is 0 Å². The van der Waals surface area contributed by atoms with Gasteiger partial charge in [0.25, 0.3) is 11.8 Å². The zero-order chi connectivity index (χ0) is 15.4. The molecule has 0 spiro atoms. The average molecular weight is 303 g/mol. The Morgan fingerprint density at radius 1 is 1.23 bits per heavy atom. The lowest BCUT2D eigenvalue weighted by atomic mass is 10.1. The van der Waals surface area contributed by atoms with E-state index in [0.29, 0.717) is 37.6 Å². The lowest BCUT2D eigenvalue weighted by Crippen LogP contribution is -2.41. The Bertz CT molecular complexity index is 549. The molecule has 118 valence electrons. The van der Waals surface area contributed by atoms with Crippen molar-refractivity contribution in [1.29, 1.82) is 0 Å². The molecule has 0 bridgehead atoms. The number of pyridine rings is 1. The highest BCUT2D eigenvalue weighted by atomic mass is 16.5. The van der Waals surface area contributed by atoms with Gasteiger partial charge in [-0.25, -0.2) is 0 Å². The van der Waals surface area contributed by atoms with E-state index < -0.39 is 0 Å². The van der Waals surface area contributed by atoms with Crippen LogP contribution < -0.4 is 5.32 Å². The van der Waals surface area contributed by atoms with Crippen LogP contribution in [0.1, 0.15) is 46.5 Å². The van der Waals surface area contributed by atoms with E-state index in [1.54, 1.807) is 17.0 Å². The average Bonchev–Trinajstić information content (AvgIpc) is 3.08. The van der Waals surface area contributed by atoms with E-state index in [2.05, 4.69) is 10.3 Å². The number of amides is 2. The summed E-state index contributed by atoms with van der Waals surface area (Å²) >= 11 is 0. The SMILES string of the molecule is O=C(NC1CCCC1)c1ccnc(C(=O)N2CCOCC2)c1. The topological polar surface area (TPSA) is 71.5 Å². The van der Waals surface area contributed by atoms with Gasteiger partial charge in [0.15, 0.2) is 0 Å². The summed E-state index contributed by atoms with van der Waals surface area (Å²) in [4.78, 5) is 30.5. The predicted molar refractivity (Wildman–Crippen MR) is 80.7 cm³/mol. The fraction of sp³-hybridized carbons (Fsp3) is 0.562. The van der Waals surface area contributed by atoms with Crippen molar-refractivity contribution in [2.75, 3.05) is 26.3 Å². The highest BCUT2D eigenvalue weighted by molar-refractivity contribution is 5.98. The molecule has 1 aromatic heterocycles. The van der Waals surface area contributed by atoms with Crippen LogP contribution in [0.5, 0.6) is 0 Å². The second kappa shape index (κ2) is 6.87. The highest BCUT2D eigenvalue weighted by Gasteiger charge is 2.22. The molecular formula is C16H21N3O3. The van der Waals surface area contributed by atoms with E-state index in [4.69, 9.17) is 4.74 Å². The minimum atomic E-state index is -0.140. The smallest absolute Gasteiger partial charge is 0.272 e. The first-order valence-electron chi connectivity index (χ1n) is 7.88. The number of hydrogen-bond acceptors (Lipinski definition) is 4. The Morgan fingerprint density at radius 2 is 1.95 bits per heavy atom. The third-order valence-electron chi connectivity index (χ3n) is 4.23. The molecule has 0 radical (unpaired) electrons. The zero-order valence-corrected chi connectivity index (χ0v) is 12.6. The quantitative estimate of drug-likeness (QED) is 0.911. The van der Waals surface area contributed by atoms with Gasteiger partial charge >= 0.3 is 0 Å². The number of aromatic nitrogens is 1. The van der Waals surface area contributed by atoms with Crippen LogP contribution in [-0.2, 0) is 4.74 Å². The van der Waals surface area contributed by atoms with Crippen LogP contribution in [0.3, 0.4) is 0 Å². The number of carbonyl (C=O) groups excluding carboxylic acids is 2. The molecule has 3 rings (SSSR count). The summed E-state index contributed by atoms with van der Waals surface area (Å²) in [5.74, 6) is -0.260. The molecule has 2 heterocycles. The van der Waals surface area contributed by atoms with Crippen molar-refractivity contribution in [2.24, 2.45) is 0 Å². The number of carbonyl (C=O) groups is 2. The van der Waals surface area contributed by atoms with Crippen molar-refractivity contribution in [1.82, 2.24) is 15.2 Å². The van der Waals surface area contributed by atoms with Crippen molar-refractivity contribution in [2.45, 2.75) is 31.7 Å². The van der Waals surface area contributed by atoms with Crippen LogP contribution in [0, 0.1) is 0 Å². The van der Waals surface area contributed by atoms with Crippen molar-refractivity contribution < 1.29 is 14.3 Å². The van der Waals surface area contributed by atoms with Crippen molar-refractivity contribution in [3.8, 4) is 0 Å². The maximum atomic E-state index is 12.4. The molecule has 1 N–H and O–H groups in total. The van der Waals surface area contributed by atoms with Gasteiger partial charge in [0.05, 0.1) is 13.2 Å². The number of ether oxygens (including phenoxy) is 1. The summed E-state index contributed by atoms with van der Waals surface area (Å²) in [5, 5.41) is 3.03. The molecule has 2 aliphatic rings. The van der Waals surface area contributed by atoms with Gasteiger partial charge in [-0.05, 0) is 25.0 Å². The molecule has 1 saturated heterocycles. The van der Waals surface area contributed by atoms with E-state index in [1.807, 2.05) is 0 Å². The normalized spacial score (nSPS) is 19.2. The molecule has 0 atom stereocenters. The van der Waals surface area contributed by atoms with Gasteiger partial charge in [-0.2, -0.15) is 0 Å². The molecule has 1 aliphatic carbocycles. The Balaban J connectivity index is 1.68. The van der Waals surface area contributed by atoms with E-state index >= 15 is 0 Å². The summed E-state index contributed by atoms with van der Waals surface area (Å²) in [6, 6.07) is 3.50. The maximum absolute atomic E-state index is 12.4. The Kier molecular flexibility index (Phi) is 4.68. The summed E-state index contributed by atoms with van der Waals surface area (Å²) in [7, 11) is 0. The van der Waals surface area contributed by atoms with Crippen LogP contribution in [0.15, 0.2) is 18.3 Å². The van der Waals surface area contributed by atoms with Crippen LogP contribution in [0.4, 0.5) is 0 Å². The Hall–Kier alpha value is -1.95. The second-order valence-electron chi connectivity index (χ2n) is 5.79. The van der Waals surface area contributed by atoms with Gasteiger partial charge in [-0.3, -0.25) is 14.6 Å². The van der Waals surface area contributed by atoms with E-state index in [0.717, 1.165) is 12.8 Å². The lowest BCUT2D eigenvalue weighted by molar-refractivity contribution is 0.0299. The van der Waals surface area contributed by atoms with Gasteiger partial charge in [0.1, 0.15) is 5.69 Å². The number of nitrogens with zero attached hydrogens (tertiary/aromatic N) is 2. The Labute approximate surface area is 129 Å². The Morgan fingerprint density at radius 3 is 2.68 bits per heavy atom. The first kappa shape index (κ1) is 15.0. The third kappa shape index (κ3) is 3.44. The summed E-state index contributed by atoms with van der Waals surface area (Å²) in [5.41, 5.74) is 0.819.